The van der Waals surface area contributed by atoms with Crippen molar-refractivity contribution in [2.45, 2.75) is 32.7 Å². The Morgan fingerprint density at radius 1 is 1.25 bits per heavy atom. The van der Waals surface area contributed by atoms with Crippen LogP contribution in [0.25, 0.3) is 0 Å². The summed E-state index contributed by atoms with van der Waals surface area (Å²) in [4.78, 5) is 31.7. The molecular formula is C21H27ClN4O2. The molecule has 2 aromatic rings. The van der Waals surface area contributed by atoms with Crippen LogP contribution in [0.4, 0.5) is 0 Å². The monoisotopic (exact) mass is 402 g/mol. The van der Waals surface area contributed by atoms with Crippen molar-refractivity contribution >= 4 is 23.4 Å². The van der Waals surface area contributed by atoms with Crippen LogP contribution >= 0.6 is 11.6 Å². The fraction of sp³-hybridized carbons (Fsp3) is 0.476. The van der Waals surface area contributed by atoms with Crippen LogP contribution in [0.5, 0.6) is 0 Å². The Morgan fingerprint density at radius 3 is 2.57 bits per heavy atom. The molecule has 1 aromatic heterocycles. The zero-order chi connectivity index (χ0) is 20.3. The molecule has 150 valence electrons. The number of aryl methyl sites for hydroxylation is 1. The smallest absolute Gasteiger partial charge is 0.225 e. The van der Waals surface area contributed by atoms with Crippen LogP contribution in [0.1, 0.15) is 44.1 Å². The van der Waals surface area contributed by atoms with Crippen molar-refractivity contribution in [1.29, 1.82) is 0 Å². The molecule has 1 aromatic carbocycles. The number of carbonyl (C=O) groups excluding carboxylic acids is 2. The van der Waals surface area contributed by atoms with Crippen molar-refractivity contribution in [2.75, 3.05) is 13.1 Å². The number of halogens is 1. The molecule has 0 bridgehead atoms. The van der Waals surface area contributed by atoms with E-state index in [1.165, 1.54) is 0 Å². The van der Waals surface area contributed by atoms with Gasteiger partial charge in [0, 0.05) is 43.5 Å². The Morgan fingerprint density at radius 2 is 1.96 bits per heavy atom. The van der Waals surface area contributed by atoms with Gasteiger partial charge in [0.25, 0.3) is 0 Å². The summed E-state index contributed by atoms with van der Waals surface area (Å²) in [6.07, 6.45) is 5.19. The lowest BCUT2D eigenvalue weighted by atomic mass is 9.95. The van der Waals surface area contributed by atoms with Gasteiger partial charge in [-0.05, 0) is 30.5 Å². The van der Waals surface area contributed by atoms with E-state index in [1.54, 1.807) is 6.20 Å². The molecule has 2 atom stereocenters. The number of nitrogens with zero attached hydrogens (tertiary/aromatic N) is 3. The van der Waals surface area contributed by atoms with E-state index in [4.69, 9.17) is 11.6 Å². The number of hydrogen-bond acceptors (Lipinski definition) is 3. The van der Waals surface area contributed by atoms with Gasteiger partial charge in [-0.1, -0.05) is 37.6 Å². The molecule has 28 heavy (non-hydrogen) atoms. The number of aromatic nitrogens is 2. The van der Waals surface area contributed by atoms with Crippen LogP contribution < -0.4 is 5.32 Å². The molecule has 7 heteroatoms. The van der Waals surface area contributed by atoms with E-state index in [9.17, 15) is 9.59 Å². The topological polar surface area (TPSA) is 67.2 Å². The zero-order valence-electron chi connectivity index (χ0n) is 16.6. The molecule has 0 saturated carbocycles. The van der Waals surface area contributed by atoms with Gasteiger partial charge < -0.3 is 14.8 Å². The minimum Gasteiger partial charge on any atom is -0.342 e. The van der Waals surface area contributed by atoms with E-state index in [-0.39, 0.29) is 29.7 Å². The van der Waals surface area contributed by atoms with E-state index < -0.39 is 0 Å². The summed E-state index contributed by atoms with van der Waals surface area (Å²) in [5.41, 5.74) is 0.915. The lowest BCUT2D eigenvalue weighted by Gasteiger charge is -2.34. The van der Waals surface area contributed by atoms with Gasteiger partial charge in [0.15, 0.2) is 0 Å². The third-order valence-electron chi connectivity index (χ3n) is 5.20. The number of hydrogen-bond donors (Lipinski definition) is 1. The van der Waals surface area contributed by atoms with Gasteiger partial charge in [0.05, 0.1) is 5.92 Å². The second-order valence-electron chi connectivity index (χ2n) is 7.67. The second kappa shape index (κ2) is 8.78. The van der Waals surface area contributed by atoms with E-state index in [0.717, 1.165) is 30.8 Å². The van der Waals surface area contributed by atoms with Gasteiger partial charge in [-0.25, -0.2) is 4.98 Å². The van der Waals surface area contributed by atoms with Gasteiger partial charge in [-0.15, -0.1) is 0 Å². The molecule has 0 spiro atoms. The van der Waals surface area contributed by atoms with Crippen LogP contribution in [-0.4, -0.2) is 39.4 Å². The zero-order valence-corrected chi connectivity index (χ0v) is 17.3. The minimum absolute atomic E-state index is 0.0517. The number of amides is 2. The van der Waals surface area contributed by atoms with Gasteiger partial charge in [-0.3, -0.25) is 9.59 Å². The maximum Gasteiger partial charge on any atom is 0.225 e. The van der Waals surface area contributed by atoms with E-state index in [1.807, 2.05) is 60.8 Å². The van der Waals surface area contributed by atoms with Crippen molar-refractivity contribution in [3.05, 3.63) is 53.1 Å². The van der Waals surface area contributed by atoms with Crippen LogP contribution in [0.15, 0.2) is 36.7 Å². The lowest BCUT2D eigenvalue weighted by Crippen LogP contribution is -2.47. The van der Waals surface area contributed by atoms with Crippen molar-refractivity contribution in [2.24, 2.45) is 18.9 Å². The maximum atomic E-state index is 13.1. The number of imidazole rings is 1. The highest BCUT2D eigenvalue weighted by molar-refractivity contribution is 6.30. The average molecular weight is 403 g/mol. The molecule has 1 aliphatic rings. The number of piperidine rings is 1. The Labute approximate surface area is 170 Å². The number of rotatable bonds is 5. The molecule has 2 amide bonds. The minimum atomic E-state index is -0.374. The molecule has 2 heterocycles. The summed E-state index contributed by atoms with van der Waals surface area (Å²) in [5, 5.41) is 3.79. The highest BCUT2D eigenvalue weighted by atomic mass is 35.5. The molecule has 1 N–H and O–H groups in total. The first-order valence-corrected chi connectivity index (χ1v) is 10.1. The molecule has 6 nitrogen and oxygen atoms in total. The van der Waals surface area contributed by atoms with E-state index >= 15 is 0 Å². The lowest BCUT2D eigenvalue weighted by molar-refractivity contribution is -0.138. The highest BCUT2D eigenvalue weighted by Gasteiger charge is 2.31. The normalized spacial score (nSPS) is 18.2. The standard InChI is InChI=1S/C21H27ClN4O2/c1-14(2)21(28)26-11-4-5-16(13-26)20(27)24-18(19-23-10-12-25(19)3)15-6-8-17(22)9-7-15/h6-10,12,14,16,18H,4-5,11,13H2,1-3H3,(H,24,27). The largest absolute Gasteiger partial charge is 0.342 e. The predicted molar refractivity (Wildman–Crippen MR) is 109 cm³/mol. The highest BCUT2D eigenvalue weighted by Crippen LogP contribution is 2.25. The van der Waals surface area contributed by atoms with Crippen molar-refractivity contribution < 1.29 is 9.59 Å². The summed E-state index contributed by atoms with van der Waals surface area (Å²) in [6.45, 7) is 4.98. The number of carbonyl (C=O) groups is 2. The summed E-state index contributed by atoms with van der Waals surface area (Å²) in [5.74, 6) is 0.532. The van der Waals surface area contributed by atoms with Gasteiger partial charge in [0.2, 0.25) is 11.8 Å². The first-order chi connectivity index (χ1) is 13.4. The molecule has 3 rings (SSSR count). The third-order valence-corrected chi connectivity index (χ3v) is 5.46. The van der Waals surface area contributed by atoms with Crippen molar-refractivity contribution in [1.82, 2.24) is 19.8 Å². The quantitative estimate of drug-likeness (QED) is 0.835. The fourth-order valence-corrected chi connectivity index (χ4v) is 3.75. The number of benzene rings is 1. The Hall–Kier alpha value is -2.34. The predicted octanol–water partition coefficient (Wildman–Crippen LogP) is 3.17. The van der Waals surface area contributed by atoms with Gasteiger partial charge in [-0.2, -0.15) is 0 Å². The summed E-state index contributed by atoms with van der Waals surface area (Å²) >= 11 is 6.03. The maximum absolute atomic E-state index is 13.1. The molecule has 1 fully saturated rings. The van der Waals surface area contributed by atoms with Crippen molar-refractivity contribution in [3.63, 3.8) is 0 Å². The molecule has 0 radical (unpaired) electrons. The Bertz CT molecular complexity index is 831. The molecule has 1 aliphatic heterocycles. The number of likely N-dealkylation sites (tertiary alicyclic amines) is 1. The summed E-state index contributed by atoms with van der Waals surface area (Å²) < 4.78 is 1.90. The average Bonchev–Trinajstić information content (AvgIpc) is 3.11. The van der Waals surface area contributed by atoms with Crippen LogP contribution in [0.2, 0.25) is 5.02 Å². The van der Waals surface area contributed by atoms with E-state index in [2.05, 4.69) is 10.3 Å². The van der Waals surface area contributed by atoms with Crippen molar-refractivity contribution in [3.8, 4) is 0 Å². The summed E-state index contributed by atoms with van der Waals surface area (Å²) in [7, 11) is 1.90. The first-order valence-electron chi connectivity index (χ1n) is 9.68. The first kappa shape index (κ1) is 20.4. The SMILES string of the molecule is CC(C)C(=O)N1CCCC(C(=O)NC(c2ccc(Cl)cc2)c2nccn2C)C1. The van der Waals surface area contributed by atoms with E-state index in [0.29, 0.717) is 11.6 Å². The third kappa shape index (κ3) is 4.55. The number of nitrogens with one attached hydrogen (secondary N) is 1. The molecule has 2 unspecified atom stereocenters. The van der Waals surface area contributed by atoms with Crippen LogP contribution in [0, 0.1) is 11.8 Å². The van der Waals surface area contributed by atoms with Crippen LogP contribution in [-0.2, 0) is 16.6 Å². The molecule has 1 saturated heterocycles. The fourth-order valence-electron chi connectivity index (χ4n) is 3.62. The van der Waals surface area contributed by atoms with Gasteiger partial charge in [0.1, 0.15) is 11.9 Å². The molecular weight excluding hydrogens is 376 g/mol. The summed E-state index contributed by atoms with van der Waals surface area (Å²) in [6, 6.07) is 7.04. The Kier molecular flexibility index (Phi) is 6.39. The second-order valence-corrected chi connectivity index (χ2v) is 8.10. The molecule has 0 aliphatic carbocycles. The Balaban J connectivity index is 1.79. The van der Waals surface area contributed by atoms with Gasteiger partial charge >= 0.3 is 0 Å². The van der Waals surface area contributed by atoms with Crippen LogP contribution in [0.3, 0.4) is 0 Å².